The summed E-state index contributed by atoms with van der Waals surface area (Å²) in [4.78, 5) is 15.1. The maximum atomic E-state index is 11.7. The van der Waals surface area contributed by atoms with Gasteiger partial charge in [-0.25, -0.2) is 4.79 Å². The first-order valence-corrected chi connectivity index (χ1v) is 9.51. The second-order valence-corrected chi connectivity index (χ2v) is 7.53. The Kier molecular flexibility index (Phi) is 5.66. The lowest BCUT2D eigenvalue weighted by Crippen LogP contribution is -2.01. The van der Waals surface area contributed by atoms with Crippen LogP contribution in [-0.4, -0.2) is 22.6 Å². The van der Waals surface area contributed by atoms with Crippen molar-refractivity contribution in [1.82, 2.24) is 4.98 Å². The van der Waals surface area contributed by atoms with Crippen LogP contribution >= 0.6 is 34.2 Å². The van der Waals surface area contributed by atoms with Crippen molar-refractivity contribution in [1.29, 1.82) is 0 Å². The highest BCUT2D eigenvalue weighted by molar-refractivity contribution is 14.1. The van der Waals surface area contributed by atoms with E-state index in [2.05, 4.69) is 27.6 Å². The molecule has 0 amide bonds. The minimum absolute atomic E-state index is 0.273. The number of hydrogen-bond acceptors (Lipinski definition) is 2. The summed E-state index contributed by atoms with van der Waals surface area (Å²) in [5, 5.41) is 10.8. The number of hydrogen-bond donors (Lipinski definition) is 3. The van der Waals surface area contributed by atoms with Crippen molar-refractivity contribution in [2.24, 2.45) is 5.73 Å². The Morgan fingerprint density at radius 1 is 1.16 bits per heavy atom. The number of carbonyl (C=O) groups is 1. The van der Waals surface area contributed by atoms with Crippen LogP contribution in [0.15, 0.2) is 36.4 Å². The number of nitrogens with two attached hydrogens (primary N) is 1. The SMILES string of the molecule is NCCCCc1c(-c2ccc(I)cc2)[nH]c2c(Cl)ccc(C(=O)O)c12. The quantitative estimate of drug-likeness (QED) is 0.349. The van der Waals surface area contributed by atoms with Gasteiger partial charge in [0, 0.05) is 14.7 Å². The zero-order valence-corrected chi connectivity index (χ0v) is 16.4. The van der Waals surface area contributed by atoms with Crippen LogP contribution in [0.3, 0.4) is 0 Å². The molecule has 0 aliphatic rings. The van der Waals surface area contributed by atoms with Crippen LogP contribution in [0.5, 0.6) is 0 Å². The number of aromatic amines is 1. The number of aryl methyl sites for hydroxylation is 1. The summed E-state index contributed by atoms with van der Waals surface area (Å²) in [6.07, 6.45) is 2.54. The van der Waals surface area contributed by atoms with Gasteiger partial charge in [-0.05, 0) is 83.8 Å². The van der Waals surface area contributed by atoms with Crippen molar-refractivity contribution >= 4 is 51.1 Å². The number of aromatic nitrogens is 1. The largest absolute Gasteiger partial charge is 0.478 e. The first-order chi connectivity index (χ1) is 12.0. The van der Waals surface area contributed by atoms with E-state index in [-0.39, 0.29) is 5.56 Å². The molecule has 0 atom stereocenters. The molecule has 0 spiro atoms. The third-order valence-corrected chi connectivity index (χ3v) is 5.29. The summed E-state index contributed by atoms with van der Waals surface area (Å²) in [7, 11) is 0. The fourth-order valence-electron chi connectivity index (χ4n) is 3.08. The maximum absolute atomic E-state index is 11.7. The summed E-state index contributed by atoms with van der Waals surface area (Å²) >= 11 is 8.61. The van der Waals surface area contributed by atoms with E-state index in [9.17, 15) is 9.90 Å². The number of aromatic carboxylic acids is 1. The van der Waals surface area contributed by atoms with Gasteiger partial charge in [0.05, 0.1) is 16.1 Å². The minimum atomic E-state index is -0.949. The number of unbranched alkanes of at least 4 members (excludes halogenated alkanes) is 1. The number of carboxylic acids is 1. The Labute approximate surface area is 164 Å². The molecule has 0 radical (unpaired) electrons. The zero-order valence-electron chi connectivity index (χ0n) is 13.5. The zero-order chi connectivity index (χ0) is 18.0. The van der Waals surface area contributed by atoms with Crippen molar-refractivity contribution in [3.05, 3.63) is 56.1 Å². The lowest BCUT2D eigenvalue weighted by Gasteiger charge is -2.07. The van der Waals surface area contributed by atoms with Crippen LogP contribution in [0, 0.1) is 3.57 Å². The van der Waals surface area contributed by atoms with Gasteiger partial charge < -0.3 is 15.8 Å². The first-order valence-electron chi connectivity index (χ1n) is 8.05. The lowest BCUT2D eigenvalue weighted by molar-refractivity contribution is 0.0699. The molecule has 0 saturated heterocycles. The Bertz CT molecular complexity index is 919. The Morgan fingerprint density at radius 2 is 1.88 bits per heavy atom. The van der Waals surface area contributed by atoms with Gasteiger partial charge in [0.2, 0.25) is 0 Å². The van der Waals surface area contributed by atoms with Crippen LogP contribution in [0.2, 0.25) is 5.02 Å². The first kappa shape index (κ1) is 18.2. The molecule has 0 fully saturated rings. The molecule has 6 heteroatoms. The molecule has 2 aromatic carbocycles. The summed E-state index contributed by atoms with van der Waals surface area (Å²) in [5.41, 5.74) is 9.52. The molecular formula is C19H18ClIN2O2. The van der Waals surface area contributed by atoms with Crippen LogP contribution in [0.1, 0.15) is 28.8 Å². The molecule has 130 valence electrons. The molecule has 3 aromatic rings. The second-order valence-electron chi connectivity index (χ2n) is 5.88. The average molecular weight is 469 g/mol. The maximum Gasteiger partial charge on any atom is 0.336 e. The Hall–Kier alpha value is -1.57. The van der Waals surface area contributed by atoms with Crippen LogP contribution < -0.4 is 5.73 Å². The van der Waals surface area contributed by atoms with Gasteiger partial charge in [-0.3, -0.25) is 0 Å². The van der Waals surface area contributed by atoms with Gasteiger partial charge in [-0.15, -0.1) is 0 Å². The number of carboxylic acid groups (broad SMARTS) is 1. The predicted octanol–water partition coefficient (Wildman–Crippen LogP) is 5.07. The van der Waals surface area contributed by atoms with E-state index in [0.29, 0.717) is 22.5 Å². The van der Waals surface area contributed by atoms with Gasteiger partial charge in [0.25, 0.3) is 0 Å². The molecule has 0 saturated carbocycles. The van der Waals surface area contributed by atoms with Crippen molar-refractivity contribution in [3.63, 3.8) is 0 Å². The number of benzene rings is 2. The number of nitrogens with one attached hydrogen (secondary N) is 1. The molecule has 0 bridgehead atoms. The van der Waals surface area contributed by atoms with Gasteiger partial charge in [0.1, 0.15) is 0 Å². The topological polar surface area (TPSA) is 79.1 Å². The van der Waals surface area contributed by atoms with Crippen molar-refractivity contribution in [3.8, 4) is 11.3 Å². The minimum Gasteiger partial charge on any atom is -0.478 e. The molecule has 4 N–H and O–H groups in total. The molecule has 1 heterocycles. The van der Waals surface area contributed by atoms with E-state index in [4.69, 9.17) is 17.3 Å². The molecule has 3 rings (SSSR count). The molecule has 1 aromatic heterocycles. The van der Waals surface area contributed by atoms with Gasteiger partial charge in [-0.1, -0.05) is 23.7 Å². The van der Waals surface area contributed by atoms with Crippen LogP contribution in [0.25, 0.3) is 22.2 Å². The van der Waals surface area contributed by atoms with E-state index in [1.165, 1.54) is 0 Å². The molecule has 0 unspecified atom stereocenters. The number of H-pyrrole nitrogens is 1. The van der Waals surface area contributed by atoms with E-state index in [1.54, 1.807) is 12.1 Å². The van der Waals surface area contributed by atoms with E-state index >= 15 is 0 Å². The summed E-state index contributed by atoms with van der Waals surface area (Å²) in [5.74, 6) is -0.949. The van der Waals surface area contributed by atoms with E-state index in [0.717, 1.165) is 39.7 Å². The van der Waals surface area contributed by atoms with Crippen LogP contribution in [0.4, 0.5) is 0 Å². The number of halogens is 2. The molecule has 25 heavy (non-hydrogen) atoms. The molecule has 0 aliphatic carbocycles. The third-order valence-electron chi connectivity index (χ3n) is 4.25. The van der Waals surface area contributed by atoms with Crippen molar-refractivity contribution in [2.75, 3.05) is 6.54 Å². The standard InChI is InChI=1S/C19H18ClIN2O2/c20-15-9-8-14(19(24)25)16-13(3-1-2-10-22)17(23-18(15)16)11-4-6-12(21)7-5-11/h4-9,23H,1-3,10,22H2,(H,24,25). The van der Waals surface area contributed by atoms with Crippen molar-refractivity contribution < 1.29 is 9.90 Å². The molecule has 4 nitrogen and oxygen atoms in total. The Morgan fingerprint density at radius 3 is 2.52 bits per heavy atom. The normalized spacial score (nSPS) is 11.2. The smallest absolute Gasteiger partial charge is 0.336 e. The van der Waals surface area contributed by atoms with Crippen LogP contribution in [-0.2, 0) is 6.42 Å². The fraction of sp³-hybridized carbons (Fsp3) is 0.211. The van der Waals surface area contributed by atoms with E-state index in [1.807, 2.05) is 24.3 Å². The Balaban J connectivity index is 2.26. The number of fused-ring (bicyclic) bond motifs is 1. The summed E-state index contributed by atoms with van der Waals surface area (Å²) < 4.78 is 1.14. The average Bonchev–Trinajstić information content (AvgIpc) is 2.96. The highest BCUT2D eigenvalue weighted by atomic mass is 127. The molecular weight excluding hydrogens is 451 g/mol. The number of rotatable bonds is 6. The molecule has 0 aliphatic heterocycles. The van der Waals surface area contributed by atoms with Gasteiger partial charge >= 0.3 is 5.97 Å². The highest BCUT2D eigenvalue weighted by Gasteiger charge is 2.20. The second kappa shape index (κ2) is 7.76. The fourth-order valence-corrected chi connectivity index (χ4v) is 3.64. The third kappa shape index (κ3) is 3.68. The highest BCUT2D eigenvalue weighted by Crippen LogP contribution is 2.37. The van der Waals surface area contributed by atoms with Crippen molar-refractivity contribution in [2.45, 2.75) is 19.3 Å². The summed E-state index contributed by atoms with van der Waals surface area (Å²) in [6.45, 7) is 0.619. The predicted molar refractivity (Wildman–Crippen MR) is 110 cm³/mol. The monoisotopic (exact) mass is 468 g/mol. The van der Waals surface area contributed by atoms with E-state index < -0.39 is 5.97 Å². The lowest BCUT2D eigenvalue weighted by atomic mass is 9.97. The van der Waals surface area contributed by atoms with Gasteiger partial charge in [-0.2, -0.15) is 0 Å². The van der Waals surface area contributed by atoms with Gasteiger partial charge in [0.15, 0.2) is 0 Å². The summed E-state index contributed by atoms with van der Waals surface area (Å²) in [6, 6.07) is 11.3.